The quantitative estimate of drug-likeness (QED) is 0.787. The molecule has 1 rings (SSSR count). The molecule has 0 heterocycles. The van der Waals surface area contributed by atoms with E-state index >= 15 is 0 Å². The van der Waals surface area contributed by atoms with Crippen molar-refractivity contribution in [2.45, 2.75) is 77.9 Å². The molecule has 0 aromatic heterocycles. The fourth-order valence-electron chi connectivity index (χ4n) is 3.09. The van der Waals surface area contributed by atoms with Crippen molar-refractivity contribution in [3.05, 3.63) is 0 Å². The van der Waals surface area contributed by atoms with Crippen LogP contribution in [0.5, 0.6) is 0 Å². The molecule has 1 amide bonds. The molecule has 1 saturated carbocycles. The average molecular weight is 283 g/mol. The van der Waals surface area contributed by atoms with Crippen LogP contribution in [0.3, 0.4) is 0 Å². The maximum atomic E-state index is 12.2. The van der Waals surface area contributed by atoms with Gasteiger partial charge in [-0.25, -0.2) is 0 Å². The lowest BCUT2D eigenvalue weighted by Gasteiger charge is -2.30. The van der Waals surface area contributed by atoms with Gasteiger partial charge < -0.3 is 10.4 Å². The van der Waals surface area contributed by atoms with Gasteiger partial charge in [0.1, 0.15) is 6.04 Å². The van der Waals surface area contributed by atoms with Crippen molar-refractivity contribution in [1.82, 2.24) is 5.32 Å². The predicted octanol–water partition coefficient (Wildman–Crippen LogP) is 2.44. The molecule has 0 spiro atoms. The summed E-state index contributed by atoms with van der Waals surface area (Å²) in [6, 6.07) is -0.830. The van der Waals surface area contributed by atoms with Gasteiger partial charge in [-0.2, -0.15) is 0 Å². The first kappa shape index (κ1) is 17.2. The Kier molecular flexibility index (Phi) is 6.18. The molecule has 0 aromatic carbocycles. The summed E-state index contributed by atoms with van der Waals surface area (Å²) in [6.07, 6.45) is 7.13. The van der Waals surface area contributed by atoms with Gasteiger partial charge in [0.2, 0.25) is 5.91 Å². The Hall–Kier alpha value is -0.900. The van der Waals surface area contributed by atoms with Crippen molar-refractivity contribution >= 4 is 11.7 Å². The van der Waals surface area contributed by atoms with Crippen LogP contribution in [-0.4, -0.2) is 28.4 Å². The lowest BCUT2D eigenvalue weighted by molar-refractivity contribution is -0.134. The molecular weight excluding hydrogens is 254 g/mol. The second-order valence-corrected chi connectivity index (χ2v) is 6.85. The number of amides is 1. The number of rotatable bonds is 6. The number of nitrogens with one attached hydrogen (secondary N) is 1. The number of Topliss-reactive ketones (excluding diaryl/α,β-unsaturated/α-hetero) is 1. The Morgan fingerprint density at radius 2 is 1.80 bits per heavy atom. The monoisotopic (exact) mass is 283 g/mol. The van der Waals surface area contributed by atoms with Crippen LogP contribution < -0.4 is 5.32 Å². The highest BCUT2D eigenvalue weighted by Crippen LogP contribution is 2.29. The van der Waals surface area contributed by atoms with Gasteiger partial charge in [-0.05, 0) is 33.1 Å². The maximum absolute atomic E-state index is 12.2. The highest BCUT2D eigenvalue weighted by molar-refractivity contribution is 5.89. The van der Waals surface area contributed by atoms with E-state index in [4.69, 9.17) is 0 Å². The van der Waals surface area contributed by atoms with Crippen molar-refractivity contribution in [2.75, 3.05) is 0 Å². The largest absolute Gasteiger partial charge is 0.388 e. The molecule has 116 valence electrons. The van der Waals surface area contributed by atoms with Crippen molar-refractivity contribution < 1.29 is 14.7 Å². The van der Waals surface area contributed by atoms with E-state index in [0.29, 0.717) is 5.92 Å². The summed E-state index contributed by atoms with van der Waals surface area (Å²) in [7, 11) is 0. The third-order valence-electron chi connectivity index (χ3n) is 4.26. The van der Waals surface area contributed by atoms with Crippen LogP contribution in [0, 0.1) is 11.8 Å². The normalized spacial score (nSPS) is 20.2. The smallest absolute Gasteiger partial charge is 0.223 e. The fraction of sp³-hybridized carbons (Fsp3) is 0.875. The summed E-state index contributed by atoms with van der Waals surface area (Å²) < 4.78 is 0. The summed E-state index contributed by atoms with van der Waals surface area (Å²) in [5.41, 5.74) is -1.23. The summed E-state index contributed by atoms with van der Waals surface area (Å²) in [4.78, 5) is 23.8. The zero-order valence-electron chi connectivity index (χ0n) is 13.2. The van der Waals surface area contributed by atoms with Gasteiger partial charge in [0.05, 0.1) is 5.60 Å². The van der Waals surface area contributed by atoms with Crippen molar-refractivity contribution in [3.8, 4) is 0 Å². The molecule has 4 nitrogen and oxygen atoms in total. The molecule has 0 unspecified atom stereocenters. The summed E-state index contributed by atoms with van der Waals surface area (Å²) in [6.45, 7) is 6.40. The molecule has 0 aromatic rings. The second kappa shape index (κ2) is 7.21. The van der Waals surface area contributed by atoms with Gasteiger partial charge in [-0.15, -0.1) is 0 Å². The minimum absolute atomic E-state index is 0.109. The lowest BCUT2D eigenvalue weighted by Crippen LogP contribution is -2.54. The molecule has 2 N–H and O–H groups in total. The molecule has 1 aliphatic carbocycles. The van der Waals surface area contributed by atoms with Crippen LogP contribution in [0.25, 0.3) is 0 Å². The highest BCUT2D eigenvalue weighted by atomic mass is 16.3. The van der Waals surface area contributed by atoms with Gasteiger partial charge in [0, 0.05) is 5.92 Å². The van der Waals surface area contributed by atoms with Crippen LogP contribution in [-0.2, 0) is 9.59 Å². The summed E-state index contributed by atoms with van der Waals surface area (Å²) >= 11 is 0. The molecule has 0 bridgehead atoms. The number of aliphatic hydroxyl groups is 1. The minimum Gasteiger partial charge on any atom is -0.388 e. The van der Waals surface area contributed by atoms with Crippen LogP contribution in [0.15, 0.2) is 0 Å². The molecule has 2 atom stereocenters. The van der Waals surface area contributed by atoms with E-state index in [2.05, 4.69) is 5.32 Å². The number of carbonyl (C=O) groups excluding carboxylic acids is 2. The van der Waals surface area contributed by atoms with E-state index in [0.717, 1.165) is 6.42 Å². The Morgan fingerprint density at radius 3 is 2.25 bits per heavy atom. The third kappa shape index (κ3) is 5.23. The van der Waals surface area contributed by atoms with E-state index in [1.807, 2.05) is 6.92 Å². The third-order valence-corrected chi connectivity index (χ3v) is 4.26. The van der Waals surface area contributed by atoms with Crippen molar-refractivity contribution in [1.29, 1.82) is 0 Å². The fourth-order valence-corrected chi connectivity index (χ4v) is 3.09. The van der Waals surface area contributed by atoms with Gasteiger partial charge in [-0.3, -0.25) is 9.59 Å². The first-order valence-corrected chi connectivity index (χ1v) is 7.75. The van der Waals surface area contributed by atoms with Gasteiger partial charge in [0.15, 0.2) is 5.78 Å². The zero-order valence-corrected chi connectivity index (χ0v) is 13.2. The lowest BCUT2D eigenvalue weighted by atomic mass is 9.83. The second-order valence-electron chi connectivity index (χ2n) is 6.85. The van der Waals surface area contributed by atoms with E-state index < -0.39 is 11.6 Å². The van der Waals surface area contributed by atoms with Gasteiger partial charge in [0.25, 0.3) is 0 Å². The molecule has 20 heavy (non-hydrogen) atoms. The van der Waals surface area contributed by atoms with E-state index in [1.54, 1.807) is 13.8 Å². The maximum Gasteiger partial charge on any atom is 0.223 e. The van der Waals surface area contributed by atoms with E-state index in [-0.39, 0.29) is 17.6 Å². The van der Waals surface area contributed by atoms with Crippen molar-refractivity contribution in [2.24, 2.45) is 11.8 Å². The molecule has 0 radical (unpaired) electrons. The first-order valence-electron chi connectivity index (χ1n) is 7.75. The van der Waals surface area contributed by atoms with Crippen LogP contribution >= 0.6 is 0 Å². The summed E-state index contributed by atoms with van der Waals surface area (Å²) in [5.74, 6) is 0.179. The number of ketones is 1. The first-order chi connectivity index (χ1) is 9.21. The van der Waals surface area contributed by atoms with Crippen molar-refractivity contribution in [3.63, 3.8) is 0 Å². The van der Waals surface area contributed by atoms with E-state index in [1.165, 1.54) is 39.0 Å². The topological polar surface area (TPSA) is 66.4 Å². The van der Waals surface area contributed by atoms with Crippen LogP contribution in [0.2, 0.25) is 0 Å². The van der Waals surface area contributed by atoms with Crippen LogP contribution in [0.4, 0.5) is 0 Å². The Labute approximate surface area is 122 Å². The SMILES string of the molecule is CC(=O)[C@@H](NC(=O)[C@@H](C)CC1CCCCC1)C(C)(C)O. The summed E-state index contributed by atoms with van der Waals surface area (Å²) in [5, 5.41) is 12.7. The number of hydrogen-bond acceptors (Lipinski definition) is 3. The van der Waals surface area contributed by atoms with Gasteiger partial charge in [-0.1, -0.05) is 39.0 Å². The highest BCUT2D eigenvalue weighted by Gasteiger charge is 2.33. The standard InChI is InChI=1S/C16H29NO3/c1-11(10-13-8-6-5-7-9-13)15(19)17-14(12(2)18)16(3,4)20/h11,13-14,20H,5-10H2,1-4H3,(H,17,19)/t11-,14+/m0/s1. The number of carbonyl (C=O) groups is 2. The minimum atomic E-state index is -1.23. The van der Waals surface area contributed by atoms with E-state index in [9.17, 15) is 14.7 Å². The average Bonchev–Trinajstić information content (AvgIpc) is 2.34. The molecule has 0 saturated heterocycles. The predicted molar refractivity (Wildman–Crippen MR) is 79.3 cm³/mol. The molecule has 1 fully saturated rings. The Bertz CT molecular complexity index is 340. The molecule has 1 aliphatic rings. The van der Waals surface area contributed by atoms with Crippen LogP contribution in [0.1, 0.15) is 66.2 Å². The zero-order chi connectivity index (χ0) is 15.3. The molecular formula is C16H29NO3. The van der Waals surface area contributed by atoms with Gasteiger partial charge >= 0.3 is 0 Å². The number of hydrogen-bond donors (Lipinski definition) is 2. The Morgan fingerprint density at radius 1 is 1.25 bits per heavy atom. The Balaban J connectivity index is 2.53. The molecule has 0 aliphatic heterocycles. The molecule has 4 heteroatoms.